The fraction of sp³-hybridized carbons (Fsp3) is 0.727. The topological polar surface area (TPSA) is 29.9 Å². The van der Waals surface area contributed by atoms with Crippen molar-refractivity contribution in [3.05, 3.63) is 18.0 Å². The van der Waals surface area contributed by atoms with Crippen LogP contribution in [0.1, 0.15) is 31.9 Å². The Morgan fingerprint density at radius 2 is 2.18 bits per heavy atom. The minimum atomic E-state index is -4.35. The lowest BCUT2D eigenvalue weighted by atomic mass is 10.1. The average Bonchev–Trinajstić information content (AvgIpc) is 2.73. The zero-order valence-electron chi connectivity index (χ0n) is 10.1. The summed E-state index contributed by atoms with van der Waals surface area (Å²) in [6.45, 7) is 2.60. The molecule has 0 aliphatic heterocycles. The maximum Gasteiger partial charge on any atom is 0.435 e. The first-order chi connectivity index (χ1) is 7.97. The SMILES string of the molecule is CCC(CCCn1ccc(C(F)(F)F)n1)NC. The van der Waals surface area contributed by atoms with Gasteiger partial charge in [0.2, 0.25) is 0 Å². The van der Waals surface area contributed by atoms with Gasteiger partial charge < -0.3 is 5.32 Å². The van der Waals surface area contributed by atoms with Crippen molar-refractivity contribution in [1.82, 2.24) is 15.1 Å². The van der Waals surface area contributed by atoms with E-state index in [0.717, 1.165) is 25.3 Å². The van der Waals surface area contributed by atoms with Gasteiger partial charge in [-0.1, -0.05) is 6.92 Å². The van der Waals surface area contributed by atoms with Gasteiger partial charge in [-0.05, 0) is 32.4 Å². The summed E-state index contributed by atoms with van der Waals surface area (Å²) in [6, 6.07) is 1.43. The molecule has 1 rings (SSSR count). The molecule has 1 aromatic rings. The third kappa shape index (κ3) is 4.38. The molecule has 1 unspecified atom stereocenters. The number of aryl methyl sites for hydroxylation is 1. The Bertz CT molecular complexity index is 329. The minimum Gasteiger partial charge on any atom is -0.317 e. The van der Waals surface area contributed by atoms with E-state index in [1.807, 2.05) is 7.05 Å². The number of halogens is 3. The highest BCUT2D eigenvalue weighted by Crippen LogP contribution is 2.27. The fourth-order valence-corrected chi connectivity index (χ4v) is 1.69. The Hall–Kier alpha value is -1.04. The van der Waals surface area contributed by atoms with Crippen LogP contribution >= 0.6 is 0 Å². The van der Waals surface area contributed by atoms with E-state index in [1.54, 1.807) is 0 Å². The van der Waals surface area contributed by atoms with Gasteiger partial charge in [-0.2, -0.15) is 18.3 Å². The van der Waals surface area contributed by atoms with Gasteiger partial charge in [-0.15, -0.1) is 0 Å². The van der Waals surface area contributed by atoms with Gasteiger partial charge in [0.25, 0.3) is 0 Å². The molecule has 0 bridgehead atoms. The molecule has 6 heteroatoms. The summed E-state index contributed by atoms with van der Waals surface area (Å²) < 4.78 is 38.2. The lowest BCUT2D eigenvalue weighted by molar-refractivity contribution is -0.141. The standard InChI is InChI=1S/C11H18F3N3/c1-3-9(15-2)5-4-7-17-8-6-10(16-17)11(12,13)14/h6,8-9,15H,3-5,7H2,1-2H3. The van der Waals surface area contributed by atoms with E-state index >= 15 is 0 Å². The molecule has 0 aliphatic rings. The monoisotopic (exact) mass is 249 g/mol. The van der Waals surface area contributed by atoms with E-state index in [0.29, 0.717) is 12.6 Å². The molecular weight excluding hydrogens is 231 g/mol. The van der Waals surface area contributed by atoms with Crippen LogP contribution in [0.4, 0.5) is 13.2 Å². The highest BCUT2D eigenvalue weighted by molar-refractivity contribution is 5.03. The summed E-state index contributed by atoms with van der Waals surface area (Å²) in [4.78, 5) is 0. The largest absolute Gasteiger partial charge is 0.435 e. The second kappa shape index (κ2) is 6.05. The quantitative estimate of drug-likeness (QED) is 0.840. The van der Waals surface area contributed by atoms with Gasteiger partial charge in [0.05, 0.1) is 0 Å². The molecule has 98 valence electrons. The van der Waals surface area contributed by atoms with Crippen molar-refractivity contribution < 1.29 is 13.2 Å². The predicted molar refractivity (Wildman–Crippen MR) is 59.6 cm³/mol. The van der Waals surface area contributed by atoms with Crippen molar-refractivity contribution in [3.63, 3.8) is 0 Å². The normalized spacial score (nSPS) is 13.9. The molecule has 0 saturated heterocycles. The summed E-state index contributed by atoms with van der Waals surface area (Å²) in [5.41, 5.74) is -0.821. The minimum absolute atomic E-state index is 0.424. The lowest BCUT2D eigenvalue weighted by Gasteiger charge is -2.13. The van der Waals surface area contributed by atoms with Gasteiger partial charge in [0, 0.05) is 18.8 Å². The molecule has 1 atom stereocenters. The van der Waals surface area contributed by atoms with Crippen LogP contribution in [-0.2, 0) is 12.7 Å². The molecule has 3 nitrogen and oxygen atoms in total. The number of hydrogen-bond donors (Lipinski definition) is 1. The van der Waals surface area contributed by atoms with Crippen molar-refractivity contribution in [1.29, 1.82) is 0 Å². The van der Waals surface area contributed by atoms with Crippen LogP contribution in [0.2, 0.25) is 0 Å². The van der Waals surface area contributed by atoms with Crippen LogP contribution in [0.3, 0.4) is 0 Å². The molecular formula is C11H18F3N3. The molecule has 17 heavy (non-hydrogen) atoms. The maximum atomic E-state index is 12.3. The Labute approximate surface area is 99.0 Å². The summed E-state index contributed by atoms with van der Waals surface area (Å²) >= 11 is 0. The van der Waals surface area contributed by atoms with Crippen molar-refractivity contribution in [2.45, 2.75) is 44.9 Å². The maximum absolute atomic E-state index is 12.3. The van der Waals surface area contributed by atoms with Crippen LogP contribution in [0, 0.1) is 0 Å². The number of rotatable bonds is 6. The second-order valence-corrected chi connectivity index (χ2v) is 4.00. The Morgan fingerprint density at radius 3 is 2.65 bits per heavy atom. The molecule has 0 aromatic carbocycles. The molecule has 0 amide bonds. The molecule has 0 spiro atoms. The van der Waals surface area contributed by atoms with Crippen molar-refractivity contribution in [2.24, 2.45) is 0 Å². The number of alkyl halides is 3. The smallest absolute Gasteiger partial charge is 0.317 e. The highest BCUT2D eigenvalue weighted by atomic mass is 19.4. The third-order valence-corrected chi connectivity index (χ3v) is 2.77. The van der Waals surface area contributed by atoms with Gasteiger partial charge in [-0.25, -0.2) is 0 Å². The summed E-state index contributed by atoms with van der Waals surface area (Å²) in [5, 5.41) is 6.66. The fourth-order valence-electron chi connectivity index (χ4n) is 1.69. The van der Waals surface area contributed by atoms with Crippen molar-refractivity contribution in [3.8, 4) is 0 Å². The van der Waals surface area contributed by atoms with E-state index in [4.69, 9.17) is 0 Å². The number of nitrogens with one attached hydrogen (secondary N) is 1. The van der Waals surface area contributed by atoms with Crippen LogP contribution in [-0.4, -0.2) is 22.9 Å². The Kier molecular flexibility index (Phi) is 4.99. The van der Waals surface area contributed by atoms with E-state index in [2.05, 4.69) is 17.3 Å². The molecule has 1 heterocycles. The summed E-state index contributed by atoms with van der Waals surface area (Å²) in [5.74, 6) is 0. The second-order valence-electron chi connectivity index (χ2n) is 4.00. The van der Waals surface area contributed by atoms with Crippen molar-refractivity contribution >= 4 is 0 Å². The van der Waals surface area contributed by atoms with Crippen LogP contribution < -0.4 is 5.32 Å². The molecule has 1 aromatic heterocycles. The Morgan fingerprint density at radius 1 is 1.47 bits per heavy atom. The van der Waals surface area contributed by atoms with E-state index < -0.39 is 11.9 Å². The molecule has 0 fully saturated rings. The van der Waals surface area contributed by atoms with Crippen LogP contribution in [0.15, 0.2) is 12.3 Å². The van der Waals surface area contributed by atoms with Crippen LogP contribution in [0.25, 0.3) is 0 Å². The van der Waals surface area contributed by atoms with Crippen LogP contribution in [0.5, 0.6) is 0 Å². The highest BCUT2D eigenvalue weighted by Gasteiger charge is 2.33. The predicted octanol–water partition coefficient (Wildman–Crippen LogP) is 2.68. The number of nitrogens with zero attached hydrogens (tertiary/aromatic N) is 2. The Balaban J connectivity index is 2.40. The first-order valence-electron chi connectivity index (χ1n) is 5.75. The number of hydrogen-bond acceptors (Lipinski definition) is 2. The number of aromatic nitrogens is 2. The van der Waals surface area contributed by atoms with Gasteiger partial charge in [0.1, 0.15) is 0 Å². The van der Waals surface area contributed by atoms with Crippen molar-refractivity contribution in [2.75, 3.05) is 7.05 Å². The molecule has 0 saturated carbocycles. The third-order valence-electron chi connectivity index (χ3n) is 2.77. The van der Waals surface area contributed by atoms with Gasteiger partial charge >= 0.3 is 6.18 Å². The molecule has 1 N–H and O–H groups in total. The average molecular weight is 249 g/mol. The molecule has 0 aliphatic carbocycles. The first-order valence-corrected chi connectivity index (χ1v) is 5.75. The lowest BCUT2D eigenvalue weighted by Crippen LogP contribution is -2.24. The summed E-state index contributed by atoms with van der Waals surface area (Å²) in [7, 11) is 1.89. The first kappa shape index (κ1) is 14.0. The molecule has 0 radical (unpaired) electrons. The van der Waals surface area contributed by atoms with Gasteiger partial charge in [0.15, 0.2) is 5.69 Å². The van der Waals surface area contributed by atoms with E-state index in [1.165, 1.54) is 10.9 Å². The zero-order valence-corrected chi connectivity index (χ0v) is 10.1. The van der Waals surface area contributed by atoms with E-state index in [9.17, 15) is 13.2 Å². The van der Waals surface area contributed by atoms with E-state index in [-0.39, 0.29) is 0 Å². The summed E-state index contributed by atoms with van der Waals surface area (Å²) in [6.07, 6.45) is -0.193. The van der Waals surface area contributed by atoms with Gasteiger partial charge in [-0.3, -0.25) is 4.68 Å². The zero-order chi connectivity index (χ0) is 12.9.